The highest BCUT2D eigenvalue weighted by molar-refractivity contribution is 5.83. The van der Waals surface area contributed by atoms with Crippen LogP contribution in [-0.4, -0.2) is 58.0 Å². The van der Waals surface area contributed by atoms with Gasteiger partial charge >= 0.3 is 5.97 Å². The summed E-state index contributed by atoms with van der Waals surface area (Å²) in [6.07, 6.45) is 5.75. The van der Waals surface area contributed by atoms with Gasteiger partial charge in [-0.05, 0) is 20.0 Å². The van der Waals surface area contributed by atoms with Crippen LogP contribution >= 0.6 is 0 Å². The lowest BCUT2D eigenvalue weighted by molar-refractivity contribution is -0.141. The first-order valence-corrected chi connectivity index (χ1v) is 7.21. The van der Waals surface area contributed by atoms with Gasteiger partial charge < -0.3 is 20.3 Å². The van der Waals surface area contributed by atoms with Crippen molar-refractivity contribution < 1.29 is 14.7 Å². The molecule has 1 rings (SSSR count). The van der Waals surface area contributed by atoms with Crippen molar-refractivity contribution in [2.75, 3.05) is 20.1 Å². The van der Waals surface area contributed by atoms with E-state index in [-0.39, 0.29) is 12.3 Å². The van der Waals surface area contributed by atoms with Crippen molar-refractivity contribution in [3.8, 4) is 0 Å². The molecule has 0 fully saturated rings. The van der Waals surface area contributed by atoms with E-state index < -0.39 is 12.0 Å². The van der Waals surface area contributed by atoms with Gasteiger partial charge in [-0.2, -0.15) is 0 Å². The first-order chi connectivity index (χ1) is 10.0. The summed E-state index contributed by atoms with van der Waals surface area (Å²) in [4.78, 5) is 31.8. The molecule has 0 aliphatic rings. The third-order valence-corrected chi connectivity index (χ3v) is 3.23. The number of nitrogens with one attached hydrogen (secondary N) is 2. The lowest BCUT2D eigenvalue weighted by Gasteiger charge is -2.17. The Morgan fingerprint density at radius 1 is 1.48 bits per heavy atom. The molecule has 21 heavy (non-hydrogen) atoms. The number of carbonyl (C=O) groups excluding carboxylic acids is 1. The fraction of sp³-hybridized carbons (Fsp3) is 0.643. The number of aromatic nitrogens is 2. The van der Waals surface area contributed by atoms with Crippen molar-refractivity contribution in [3.05, 3.63) is 18.2 Å². The second kappa shape index (κ2) is 9.12. The number of aromatic amines is 1. The fourth-order valence-electron chi connectivity index (χ4n) is 1.92. The number of nitrogens with zero attached hydrogens (tertiary/aromatic N) is 2. The number of H-pyrrole nitrogens is 1. The summed E-state index contributed by atoms with van der Waals surface area (Å²) >= 11 is 0. The van der Waals surface area contributed by atoms with E-state index in [1.54, 1.807) is 6.20 Å². The van der Waals surface area contributed by atoms with Crippen LogP contribution in [0.5, 0.6) is 0 Å². The number of amides is 1. The molecule has 0 saturated heterocycles. The van der Waals surface area contributed by atoms with Crippen molar-refractivity contribution >= 4 is 11.9 Å². The van der Waals surface area contributed by atoms with Crippen molar-refractivity contribution in [1.82, 2.24) is 20.2 Å². The third kappa shape index (κ3) is 6.89. The van der Waals surface area contributed by atoms with Crippen molar-refractivity contribution in [3.63, 3.8) is 0 Å². The second-order valence-corrected chi connectivity index (χ2v) is 5.15. The third-order valence-electron chi connectivity index (χ3n) is 3.23. The van der Waals surface area contributed by atoms with Crippen LogP contribution in [0, 0.1) is 0 Å². The fourth-order valence-corrected chi connectivity index (χ4v) is 1.92. The van der Waals surface area contributed by atoms with Gasteiger partial charge in [0.05, 0.1) is 6.33 Å². The molecule has 0 radical (unpaired) electrons. The molecule has 0 saturated carbocycles. The second-order valence-electron chi connectivity index (χ2n) is 5.15. The molecule has 1 aromatic rings. The summed E-state index contributed by atoms with van der Waals surface area (Å²) in [5.74, 6) is -1.29. The van der Waals surface area contributed by atoms with E-state index in [2.05, 4.69) is 27.1 Å². The molecule has 0 aliphatic carbocycles. The zero-order chi connectivity index (χ0) is 15.7. The molecular formula is C14H24N4O3. The molecule has 7 heteroatoms. The van der Waals surface area contributed by atoms with Gasteiger partial charge in [0.25, 0.3) is 0 Å². The standard InChI is InChI=1S/C14H24N4O3/c1-3-4-6-18(2)7-5-13(19)17-12(14(20)21)8-11-9-15-10-16-11/h9-10,12H,3-8H2,1-2H3,(H,15,16)(H,17,19)(H,20,21). The molecule has 1 aromatic heterocycles. The quantitative estimate of drug-likeness (QED) is 0.588. The average Bonchev–Trinajstić information content (AvgIpc) is 2.95. The molecule has 0 aliphatic heterocycles. The van der Waals surface area contributed by atoms with Gasteiger partial charge in [-0.3, -0.25) is 4.79 Å². The Balaban J connectivity index is 2.37. The van der Waals surface area contributed by atoms with Crippen LogP contribution in [0.2, 0.25) is 0 Å². The predicted octanol–water partition coefficient (Wildman–Crippen LogP) is 0.644. The van der Waals surface area contributed by atoms with Gasteiger partial charge in [-0.1, -0.05) is 13.3 Å². The molecule has 0 aromatic carbocycles. The molecule has 1 unspecified atom stereocenters. The Morgan fingerprint density at radius 3 is 2.81 bits per heavy atom. The van der Waals surface area contributed by atoms with Crippen LogP contribution in [0.3, 0.4) is 0 Å². The van der Waals surface area contributed by atoms with Gasteiger partial charge in [-0.15, -0.1) is 0 Å². The van der Waals surface area contributed by atoms with Gasteiger partial charge in [0, 0.05) is 31.3 Å². The maximum Gasteiger partial charge on any atom is 0.326 e. The van der Waals surface area contributed by atoms with E-state index in [9.17, 15) is 9.59 Å². The van der Waals surface area contributed by atoms with Crippen LogP contribution in [0.1, 0.15) is 31.9 Å². The van der Waals surface area contributed by atoms with Gasteiger partial charge in [0.15, 0.2) is 0 Å². The van der Waals surface area contributed by atoms with Crippen LogP contribution in [0.15, 0.2) is 12.5 Å². The summed E-state index contributed by atoms with van der Waals surface area (Å²) in [7, 11) is 1.96. The monoisotopic (exact) mass is 296 g/mol. The summed E-state index contributed by atoms with van der Waals surface area (Å²) < 4.78 is 0. The Hall–Kier alpha value is -1.89. The smallest absolute Gasteiger partial charge is 0.326 e. The number of carbonyl (C=O) groups is 2. The van der Waals surface area contributed by atoms with E-state index in [1.807, 2.05) is 7.05 Å². The Kier molecular flexibility index (Phi) is 7.45. The summed E-state index contributed by atoms with van der Waals surface area (Å²) in [5, 5.41) is 11.7. The van der Waals surface area contributed by atoms with E-state index >= 15 is 0 Å². The minimum atomic E-state index is -1.04. The topological polar surface area (TPSA) is 98.3 Å². The normalized spacial score (nSPS) is 12.3. The Bertz CT molecular complexity index is 433. The van der Waals surface area contributed by atoms with Gasteiger partial charge in [0.1, 0.15) is 6.04 Å². The predicted molar refractivity (Wildman–Crippen MR) is 78.9 cm³/mol. The summed E-state index contributed by atoms with van der Waals surface area (Å²) in [6.45, 7) is 3.69. The maximum absolute atomic E-state index is 11.8. The number of unbranched alkanes of at least 4 members (excludes halogenated alkanes) is 1. The van der Waals surface area contributed by atoms with E-state index in [0.717, 1.165) is 19.4 Å². The maximum atomic E-state index is 11.8. The summed E-state index contributed by atoms with van der Waals surface area (Å²) in [6, 6.07) is -0.932. The number of imidazole rings is 1. The molecule has 1 amide bonds. The first-order valence-electron chi connectivity index (χ1n) is 7.21. The van der Waals surface area contributed by atoms with Crippen LogP contribution in [0.25, 0.3) is 0 Å². The van der Waals surface area contributed by atoms with E-state index in [4.69, 9.17) is 5.11 Å². The first kappa shape index (κ1) is 17.2. The van der Waals surface area contributed by atoms with Crippen LogP contribution in [-0.2, 0) is 16.0 Å². The number of carboxylic acid groups (broad SMARTS) is 1. The highest BCUT2D eigenvalue weighted by Gasteiger charge is 2.20. The van der Waals surface area contributed by atoms with Crippen molar-refractivity contribution in [1.29, 1.82) is 0 Å². The number of carboxylic acids is 1. The molecule has 3 N–H and O–H groups in total. The van der Waals surface area contributed by atoms with Crippen molar-refractivity contribution in [2.45, 2.75) is 38.6 Å². The van der Waals surface area contributed by atoms with Crippen molar-refractivity contribution in [2.24, 2.45) is 0 Å². The van der Waals surface area contributed by atoms with Gasteiger partial charge in [0.2, 0.25) is 5.91 Å². The number of hydrogen-bond donors (Lipinski definition) is 3. The molecule has 1 heterocycles. The van der Waals surface area contributed by atoms with Crippen LogP contribution < -0.4 is 5.32 Å². The van der Waals surface area contributed by atoms with Gasteiger partial charge in [-0.25, -0.2) is 9.78 Å². The average molecular weight is 296 g/mol. The Morgan fingerprint density at radius 2 is 2.24 bits per heavy atom. The lowest BCUT2D eigenvalue weighted by atomic mass is 10.1. The SMILES string of the molecule is CCCCN(C)CCC(=O)NC(Cc1cnc[nH]1)C(=O)O. The Labute approximate surface area is 124 Å². The molecule has 0 bridgehead atoms. The zero-order valence-corrected chi connectivity index (χ0v) is 12.6. The number of rotatable bonds is 10. The number of aliphatic carboxylic acids is 1. The molecule has 118 valence electrons. The molecule has 7 nitrogen and oxygen atoms in total. The van der Waals surface area contributed by atoms with Crippen LogP contribution in [0.4, 0.5) is 0 Å². The highest BCUT2D eigenvalue weighted by Crippen LogP contribution is 2.00. The molecular weight excluding hydrogens is 272 g/mol. The minimum Gasteiger partial charge on any atom is -0.480 e. The highest BCUT2D eigenvalue weighted by atomic mass is 16.4. The lowest BCUT2D eigenvalue weighted by Crippen LogP contribution is -2.43. The molecule has 1 atom stereocenters. The minimum absolute atomic E-state index is 0.201. The van der Waals surface area contributed by atoms with E-state index in [1.165, 1.54) is 6.33 Å². The van der Waals surface area contributed by atoms with E-state index in [0.29, 0.717) is 18.7 Å². The summed E-state index contributed by atoms with van der Waals surface area (Å²) in [5.41, 5.74) is 0.683. The number of hydrogen-bond acceptors (Lipinski definition) is 4. The largest absolute Gasteiger partial charge is 0.480 e. The zero-order valence-electron chi connectivity index (χ0n) is 12.6. The molecule has 0 spiro atoms.